The largest absolute Gasteiger partial charge is 0.508 e. The van der Waals surface area contributed by atoms with Crippen molar-refractivity contribution in [2.45, 2.75) is 12.5 Å². The Morgan fingerprint density at radius 2 is 1.88 bits per heavy atom. The minimum Gasteiger partial charge on any atom is -0.508 e. The summed E-state index contributed by atoms with van der Waals surface area (Å²) in [5.41, 5.74) is 3.56. The van der Waals surface area contributed by atoms with Gasteiger partial charge in [-0.3, -0.25) is 9.78 Å². The van der Waals surface area contributed by atoms with Crippen molar-refractivity contribution in [1.82, 2.24) is 9.99 Å². The van der Waals surface area contributed by atoms with Gasteiger partial charge in [-0.05, 0) is 30.3 Å². The number of hydrazone groups is 1. The number of phenolic OH excluding ortho intramolecular Hbond substituents is 1. The molecular formula is C26H18N4O2S. The summed E-state index contributed by atoms with van der Waals surface area (Å²) in [7, 11) is 0. The lowest BCUT2D eigenvalue weighted by Gasteiger charge is -2.22. The molecule has 0 fully saturated rings. The second-order valence-corrected chi connectivity index (χ2v) is 8.62. The van der Waals surface area contributed by atoms with Gasteiger partial charge in [0.25, 0.3) is 5.91 Å². The quantitative estimate of drug-likeness (QED) is 0.452. The Morgan fingerprint density at radius 3 is 2.67 bits per heavy atom. The van der Waals surface area contributed by atoms with Gasteiger partial charge in [0.1, 0.15) is 5.75 Å². The second-order valence-electron chi connectivity index (χ2n) is 7.54. The lowest BCUT2D eigenvalue weighted by atomic mass is 9.98. The van der Waals surface area contributed by atoms with Gasteiger partial charge >= 0.3 is 0 Å². The molecule has 0 saturated heterocycles. The first-order valence-electron chi connectivity index (χ1n) is 10.3. The van der Waals surface area contributed by atoms with Crippen LogP contribution in [0.5, 0.6) is 5.75 Å². The third-order valence-electron chi connectivity index (χ3n) is 5.54. The molecular weight excluding hydrogens is 432 g/mol. The smallest absolute Gasteiger partial charge is 0.284 e. The Labute approximate surface area is 194 Å². The normalized spacial score (nSPS) is 15.2. The third kappa shape index (κ3) is 3.88. The molecule has 0 aliphatic carbocycles. The van der Waals surface area contributed by atoms with Crippen LogP contribution in [0.15, 0.2) is 90.3 Å². The number of thiophene rings is 1. The van der Waals surface area contributed by atoms with Crippen molar-refractivity contribution in [3.63, 3.8) is 0 Å². The van der Waals surface area contributed by atoms with Gasteiger partial charge in [-0.2, -0.15) is 10.4 Å². The number of hydrogen-bond donors (Lipinski definition) is 1. The number of carbonyl (C=O) groups excluding carboxylic acids is 1. The van der Waals surface area contributed by atoms with Gasteiger partial charge in [-0.15, -0.1) is 11.3 Å². The van der Waals surface area contributed by atoms with Crippen LogP contribution in [-0.4, -0.2) is 26.7 Å². The number of aromatic hydroxyl groups is 1. The average molecular weight is 451 g/mol. The molecule has 1 N–H and O–H groups in total. The maximum Gasteiger partial charge on any atom is 0.284 e. The summed E-state index contributed by atoms with van der Waals surface area (Å²) in [6.45, 7) is 0. The van der Waals surface area contributed by atoms with Crippen LogP contribution in [0.4, 0.5) is 0 Å². The van der Waals surface area contributed by atoms with Crippen LogP contribution >= 0.6 is 11.3 Å². The van der Waals surface area contributed by atoms with Gasteiger partial charge in [-0.25, -0.2) is 5.01 Å². The van der Waals surface area contributed by atoms with E-state index >= 15 is 0 Å². The van der Waals surface area contributed by atoms with Crippen LogP contribution in [0.2, 0.25) is 0 Å². The predicted molar refractivity (Wildman–Crippen MR) is 127 cm³/mol. The minimum absolute atomic E-state index is 0.123. The van der Waals surface area contributed by atoms with Crippen molar-refractivity contribution in [2.75, 3.05) is 0 Å². The van der Waals surface area contributed by atoms with Crippen molar-refractivity contribution in [3.8, 4) is 22.3 Å². The first kappa shape index (κ1) is 20.6. The number of benzene rings is 2. The van der Waals surface area contributed by atoms with E-state index in [0.717, 1.165) is 21.7 Å². The van der Waals surface area contributed by atoms with Gasteiger partial charge in [0.2, 0.25) is 0 Å². The second kappa shape index (κ2) is 8.69. The van der Waals surface area contributed by atoms with Gasteiger partial charge in [-0.1, -0.05) is 42.5 Å². The summed E-state index contributed by atoms with van der Waals surface area (Å²) in [6, 6.07) is 23.4. The molecule has 1 amide bonds. The number of nitriles is 1. The molecule has 1 atom stereocenters. The minimum atomic E-state index is -0.439. The summed E-state index contributed by atoms with van der Waals surface area (Å²) < 4.78 is 0. The van der Waals surface area contributed by atoms with Crippen LogP contribution in [0, 0.1) is 11.3 Å². The van der Waals surface area contributed by atoms with E-state index in [1.807, 2.05) is 48.5 Å². The first-order valence-corrected chi connectivity index (χ1v) is 11.2. The first-order chi connectivity index (χ1) is 16.2. The number of aromatic nitrogens is 1. The van der Waals surface area contributed by atoms with Gasteiger partial charge < -0.3 is 5.11 Å². The fourth-order valence-electron chi connectivity index (χ4n) is 3.92. The average Bonchev–Trinajstić information content (AvgIpc) is 3.53. The molecule has 0 bridgehead atoms. The van der Waals surface area contributed by atoms with Crippen molar-refractivity contribution in [1.29, 1.82) is 5.26 Å². The van der Waals surface area contributed by atoms with Crippen LogP contribution in [0.3, 0.4) is 0 Å². The molecule has 4 aromatic rings. The van der Waals surface area contributed by atoms with Crippen molar-refractivity contribution in [3.05, 3.63) is 107 Å². The number of hydrogen-bond acceptors (Lipinski definition) is 6. The van der Waals surface area contributed by atoms with Crippen LogP contribution in [0.25, 0.3) is 10.4 Å². The van der Waals surface area contributed by atoms with Crippen LogP contribution < -0.4 is 0 Å². The molecule has 0 spiro atoms. The summed E-state index contributed by atoms with van der Waals surface area (Å²) in [5, 5.41) is 26.0. The number of phenols is 1. The highest BCUT2D eigenvalue weighted by Crippen LogP contribution is 2.39. The van der Waals surface area contributed by atoms with Crippen LogP contribution in [0.1, 0.15) is 38.8 Å². The van der Waals surface area contributed by atoms with E-state index in [-0.39, 0.29) is 11.7 Å². The number of nitrogens with zero attached hydrogens (tertiary/aromatic N) is 4. The molecule has 0 saturated carbocycles. The molecule has 3 heterocycles. The monoisotopic (exact) mass is 450 g/mol. The highest BCUT2D eigenvalue weighted by molar-refractivity contribution is 7.17. The van der Waals surface area contributed by atoms with Crippen molar-refractivity contribution < 1.29 is 9.90 Å². The van der Waals surface area contributed by atoms with E-state index in [4.69, 9.17) is 0 Å². The fourth-order valence-corrected chi connectivity index (χ4v) is 4.90. The highest BCUT2D eigenvalue weighted by atomic mass is 32.1. The molecule has 2 aromatic carbocycles. The van der Waals surface area contributed by atoms with E-state index < -0.39 is 6.04 Å². The molecule has 0 radical (unpaired) electrons. The summed E-state index contributed by atoms with van der Waals surface area (Å²) in [4.78, 5) is 19.1. The standard InChI is InChI=1S/C26H18N4O2S/c27-15-17-6-1-2-8-19(17)24-11-12-25(33-24)26(32)30-22(20-9-3-4-10-23(20)31)14-21(29-30)18-7-5-13-28-16-18/h1-13,16,22,31H,14H2. The summed E-state index contributed by atoms with van der Waals surface area (Å²) in [6.07, 6.45) is 3.87. The topological polar surface area (TPSA) is 89.6 Å². The van der Waals surface area contributed by atoms with E-state index in [0.29, 0.717) is 22.4 Å². The van der Waals surface area contributed by atoms with Crippen LogP contribution in [-0.2, 0) is 0 Å². The SMILES string of the molecule is N#Cc1ccccc1-c1ccc(C(=O)N2N=C(c3cccnc3)CC2c2ccccc2O)s1. The molecule has 7 heteroatoms. The van der Waals surface area contributed by atoms with E-state index in [2.05, 4.69) is 16.2 Å². The lowest BCUT2D eigenvalue weighted by molar-refractivity contribution is 0.0714. The molecule has 2 aromatic heterocycles. The Kier molecular flexibility index (Phi) is 5.43. The molecule has 1 aliphatic rings. The predicted octanol–water partition coefficient (Wildman–Crippen LogP) is 5.38. The zero-order valence-electron chi connectivity index (χ0n) is 17.4. The molecule has 5 rings (SSSR count). The molecule has 1 unspecified atom stereocenters. The highest BCUT2D eigenvalue weighted by Gasteiger charge is 2.35. The van der Waals surface area contributed by atoms with Crippen molar-refractivity contribution in [2.24, 2.45) is 5.10 Å². The van der Waals surface area contributed by atoms with Gasteiger partial charge in [0.05, 0.1) is 28.3 Å². The molecule has 1 aliphatic heterocycles. The third-order valence-corrected chi connectivity index (χ3v) is 6.65. The number of carbonyl (C=O) groups is 1. The maximum atomic E-state index is 13.6. The Morgan fingerprint density at radius 1 is 1.06 bits per heavy atom. The lowest BCUT2D eigenvalue weighted by Crippen LogP contribution is -2.26. The Bertz CT molecular complexity index is 1410. The number of amides is 1. The molecule has 33 heavy (non-hydrogen) atoms. The molecule has 160 valence electrons. The number of rotatable bonds is 4. The van der Waals surface area contributed by atoms with Crippen molar-refractivity contribution >= 4 is 23.0 Å². The van der Waals surface area contributed by atoms with Gasteiger partial charge in [0.15, 0.2) is 0 Å². The number of para-hydroxylation sites is 1. The zero-order chi connectivity index (χ0) is 22.8. The number of pyridine rings is 1. The molecule has 6 nitrogen and oxygen atoms in total. The summed E-state index contributed by atoms with van der Waals surface area (Å²) >= 11 is 1.32. The van der Waals surface area contributed by atoms with E-state index in [1.165, 1.54) is 16.3 Å². The maximum absolute atomic E-state index is 13.6. The zero-order valence-corrected chi connectivity index (χ0v) is 18.2. The van der Waals surface area contributed by atoms with E-state index in [9.17, 15) is 15.2 Å². The Balaban J connectivity index is 1.53. The van der Waals surface area contributed by atoms with Gasteiger partial charge in [0, 0.05) is 40.4 Å². The Hall–Kier alpha value is -4.28. The fraction of sp³-hybridized carbons (Fsp3) is 0.0769. The van der Waals surface area contributed by atoms with E-state index in [1.54, 1.807) is 36.7 Å². The summed E-state index contributed by atoms with van der Waals surface area (Å²) in [5.74, 6) is -0.134.